The van der Waals surface area contributed by atoms with Crippen LogP contribution in [-0.2, 0) is 6.42 Å². The fourth-order valence-electron chi connectivity index (χ4n) is 1.60. The van der Waals surface area contributed by atoms with Crippen LogP contribution >= 0.6 is 15.9 Å². The van der Waals surface area contributed by atoms with Gasteiger partial charge >= 0.3 is 0 Å². The molecule has 2 heterocycles. The molecule has 2 aromatic heterocycles. The topological polar surface area (TPSA) is 59.5 Å². The van der Waals surface area contributed by atoms with Crippen LogP contribution in [0.4, 0.5) is 5.82 Å². The molecule has 0 aliphatic rings. The number of rotatable bonds is 4. The van der Waals surface area contributed by atoms with Crippen molar-refractivity contribution in [3.63, 3.8) is 0 Å². The van der Waals surface area contributed by atoms with Gasteiger partial charge in [0.15, 0.2) is 5.65 Å². The Kier molecular flexibility index (Phi) is 3.63. The molecule has 0 amide bonds. The summed E-state index contributed by atoms with van der Waals surface area (Å²) in [7, 11) is 2.01. The first kappa shape index (κ1) is 12.3. The summed E-state index contributed by atoms with van der Waals surface area (Å²) < 4.78 is 2.70. The molecule has 92 valence electrons. The van der Waals surface area contributed by atoms with E-state index in [4.69, 9.17) is 5.73 Å². The van der Waals surface area contributed by atoms with Crippen LogP contribution in [0.1, 0.15) is 12.6 Å². The van der Waals surface area contributed by atoms with Crippen LogP contribution in [-0.4, -0.2) is 34.7 Å². The van der Waals surface area contributed by atoms with Gasteiger partial charge in [-0.1, -0.05) is 0 Å². The minimum atomic E-state index is 0.588. The van der Waals surface area contributed by atoms with Crippen LogP contribution < -0.4 is 10.6 Å². The molecule has 0 atom stereocenters. The van der Waals surface area contributed by atoms with Crippen molar-refractivity contribution >= 4 is 27.4 Å². The largest absolute Gasteiger partial charge is 0.359 e. The second-order valence-electron chi connectivity index (χ2n) is 3.86. The highest BCUT2D eigenvalue weighted by Crippen LogP contribution is 2.20. The van der Waals surface area contributed by atoms with Crippen molar-refractivity contribution in [3.05, 3.63) is 22.4 Å². The minimum absolute atomic E-state index is 0.588. The molecule has 2 rings (SSSR count). The highest BCUT2D eigenvalue weighted by Gasteiger charge is 2.11. The van der Waals surface area contributed by atoms with Crippen molar-refractivity contribution in [2.24, 2.45) is 5.73 Å². The first-order valence-corrected chi connectivity index (χ1v) is 6.42. The van der Waals surface area contributed by atoms with Crippen LogP contribution in [0.5, 0.6) is 0 Å². The molecule has 17 heavy (non-hydrogen) atoms. The maximum Gasteiger partial charge on any atom is 0.155 e. The quantitative estimate of drug-likeness (QED) is 0.928. The van der Waals surface area contributed by atoms with Gasteiger partial charge in [-0.25, -0.2) is 9.50 Å². The highest BCUT2D eigenvalue weighted by atomic mass is 79.9. The molecule has 2 N–H and O–H groups in total. The number of anilines is 1. The Morgan fingerprint density at radius 1 is 1.47 bits per heavy atom. The van der Waals surface area contributed by atoms with Gasteiger partial charge in [-0.2, -0.15) is 0 Å². The monoisotopic (exact) mass is 297 g/mol. The molecular formula is C11H16BrN5. The molecule has 2 aromatic rings. The molecule has 5 nitrogen and oxygen atoms in total. The summed E-state index contributed by atoms with van der Waals surface area (Å²) in [6.07, 6.45) is 0.753. The standard InChI is InChI=1S/C11H16BrN5/c1-3-16(2)10-5-4-9-14-8(6-7-13)11(12)17(9)15-10/h4-5H,3,6-7,13H2,1-2H3. The van der Waals surface area contributed by atoms with E-state index < -0.39 is 0 Å². The molecule has 0 aromatic carbocycles. The Morgan fingerprint density at radius 2 is 2.24 bits per heavy atom. The van der Waals surface area contributed by atoms with Crippen LogP contribution in [0.2, 0.25) is 0 Å². The Bertz CT molecular complexity index is 522. The van der Waals surface area contributed by atoms with Gasteiger partial charge in [-0.3, -0.25) is 0 Å². The van der Waals surface area contributed by atoms with Gasteiger partial charge in [0, 0.05) is 20.0 Å². The lowest BCUT2D eigenvalue weighted by Gasteiger charge is -2.14. The zero-order valence-corrected chi connectivity index (χ0v) is 11.6. The van der Waals surface area contributed by atoms with Gasteiger partial charge in [-0.05, 0) is 41.5 Å². The highest BCUT2D eigenvalue weighted by molar-refractivity contribution is 9.10. The van der Waals surface area contributed by atoms with E-state index in [-0.39, 0.29) is 0 Å². The zero-order valence-electron chi connectivity index (χ0n) is 10.0. The molecule has 0 aliphatic carbocycles. The number of nitrogens with two attached hydrogens (primary N) is 1. The summed E-state index contributed by atoms with van der Waals surface area (Å²) >= 11 is 3.52. The summed E-state index contributed by atoms with van der Waals surface area (Å²) in [5, 5.41) is 4.54. The smallest absolute Gasteiger partial charge is 0.155 e. The molecule has 0 saturated heterocycles. The lowest BCUT2D eigenvalue weighted by molar-refractivity contribution is 0.846. The minimum Gasteiger partial charge on any atom is -0.359 e. The molecule has 0 saturated carbocycles. The maximum absolute atomic E-state index is 5.55. The zero-order chi connectivity index (χ0) is 12.4. The van der Waals surface area contributed by atoms with Crippen molar-refractivity contribution < 1.29 is 0 Å². The lowest BCUT2D eigenvalue weighted by Crippen LogP contribution is -2.18. The lowest BCUT2D eigenvalue weighted by atomic mass is 10.3. The van der Waals surface area contributed by atoms with Gasteiger partial charge in [-0.15, -0.1) is 5.10 Å². The normalized spacial score (nSPS) is 11.1. The number of fused-ring (bicyclic) bond motifs is 1. The van der Waals surface area contributed by atoms with E-state index in [1.54, 1.807) is 0 Å². The third kappa shape index (κ3) is 2.28. The third-order valence-corrected chi connectivity index (χ3v) is 3.51. The Balaban J connectivity index is 2.49. The molecule has 0 spiro atoms. The van der Waals surface area contributed by atoms with E-state index in [0.717, 1.165) is 34.7 Å². The maximum atomic E-state index is 5.55. The average molecular weight is 298 g/mol. The fraction of sp³-hybridized carbons (Fsp3) is 0.455. The summed E-state index contributed by atoms with van der Waals surface area (Å²) in [5.41, 5.74) is 7.35. The first-order valence-electron chi connectivity index (χ1n) is 5.62. The molecule has 0 radical (unpaired) electrons. The van der Waals surface area contributed by atoms with Gasteiger partial charge in [0.05, 0.1) is 5.69 Å². The van der Waals surface area contributed by atoms with Gasteiger partial charge in [0.2, 0.25) is 0 Å². The Labute approximate surface area is 109 Å². The van der Waals surface area contributed by atoms with E-state index in [1.807, 2.05) is 23.7 Å². The molecule has 0 bridgehead atoms. The van der Waals surface area contributed by atoms with Crippen LogP contribution in [0, 0.1) is 0 Å². The molecule has 6 heteroatoms. The summed E-state index contributed by atoms with van der Waals surface area (Å²) in [5.74, 6) is 0.928. The van der Waals surface area contributed by atoms with E-state index in [0.29, 0.717) is 6.54 Å². The number of imidazole rings is 1. The van der Waals surface area contributed by atoms with Crippen molar-refractivity contribution in [1.82, 2.24) is 14.6 Å². The van der Waals surface area contributed by atoms with Gasteiger partial charge in [0.1, 0.15) is 10.4 Å². The second-order valence-corrected chi connectivity index (χ2v) is 4.61. The summed E-state index contributed by atoms with van der Waals surface area (Å²) in [6, 6.07) is 3.95. The van der Waals surface area contributed by atoms with Crippen molar-refractivity contribution in [2.45, 2.75) is 13.3 Å². The predicted octanol–water partition coefficient (Wildman–Crippen LogP) is 1.45. The van der Waals surface area contributed by atoms with E-state index in [1.165, 1.54) is 0 Å². The average Bonchev–Trinajstić information content (AvgIpc) is 2.66. The van der Waals surface area contributed by atoms with Gasteiger partial charge in [0.25, 0.3) is 0 Å². The second kappa shape index (κ2) is 5.01. The van der Waals surface area contributed by atoms with E-state index >= 15 is 0 Å². The third-order valence-electron chi connectivity index (χ3n) is 2.72. The van der Waals surface area contributed by atoms with Crippen LogP contribution in [0.3, 0.4) is 0 Å². The van der Waals surface area contributed by atoms with Gasteiger partial charge < -0.3 is 10.6 Å². The van der Waals surface area contributed by atoms with Crippen LogP contribution in [0.15, 0.2) is 16.7 Å². The molecular weight excluding hydrogens is 282 g/mol. The fourth-order valence-corrected chi connectivity index (χ4v) is 2.15. The molecule has 0 aliphatic heterocycles. The van der Waals surface area contributed by atoms with Crippen LogP contribution in [0.25, 0.3) is 5.65 Å². The first-order chi connectivity index (χ1) is 8.17. The Morgan fingerprint density at radius 3 is 2.88 bits per heavy atom. The molecule has 0 unspecified atom stereocenters. The Hall–Kier alpha value is -1.14. The molecule has 0 fully saturated rings. The predicted molar refractivity (Wildman–Crippen MR) is 72.4 cm³/mol. The van der Waals surface area contributed by atoms with E-state index in [2.05, 4.69) is 37.8 Å². The number of hydrogen-bond donors (Lipinski definition) is 1. The number of halogens is 1. The number of nitrogens with zero attached hydrogens (tertiary/aromatic N) is 4. The number of hydrogen-bond acceptors (Lipinski definition) is 4. The summed E-state index contributed by atoms with van der Waals surface area (Å²) in [6.45, 7) is 3.60. The number of aromatic nitrogens is 3. The van der Waals surface area contributed by atoms with Crippen molar-refractivity contribution in [2.75, 3.05) is 25.0 Å². The van der Waals surface area contributed by atoms with Crippen molar-refractivity contribution in [3.8, 4) is 0 Å². The van der Waals surface area contributed by atoms with Crippen molar-refractivity contribution in [1.29, 1.82) is 0 Å². The SMILES string of the molecule is CCN(C)c1ccc2nc(CCN)c(Br)n2n1. The van der Waals surface area contributed by atoms with E-state index in [9.17, 15) is 0 Å². The summed E-state index contributed by atoms with van der Waals surface area (Å²) in [4.78, 5) is 6.56.